The number of ether oxygens (including phenoxy) is 1. The maximum atomic E-state index is 13.7. The van der Waals surface area contributed by atoms with Gasteiger partial charge in [0.05, 0.1) is 16.4 Å². The first-order valence-corrected chi connectivity index (χ1v) is 14.3. The SMILES string of the molecule is Cc1ccc(S(=O)(=O)NC(CC2(C(=O)[C@@H]3CCCN3)C=CC(C#CCOc3ccccc3)=CC2)C(=O)O)cc1. The van der Waals surface area contributed by atoms with E-state index in [1.807, 2.05) is 37.3 Å². The third kappa shape index (κ3) is 7.24. The van der Waals surface area contributed by atoms with Crippen LogP contribution in [0.15, 0.2) is 83.3 Å². The minimum Gasteiger partial charge on any atom is -0.481 e. The Labute approximate surface area is 229 Å². The Hall–Kier alpha value is -3.71. The van der Waals surface area contributed by atoms with Gasteiger partial charge in [0.2, 0.25) is 10.0 Å². The number of benzene rings is 2. The fourth-order valence-corrected chi connectivity index (χ4v) is 5.94. The van der Waals surface area contributed by atoms with Crippen molar-refractivity contribution < 1.29 is 27.9 Å². The van der Waals surface area contributed by atoms with Crippen LogP contribution in [-0.2, 0) is 19.6 Å². The number of aliphatic carboxylic acids is 1. The van der Waals surface area contributed by atoms with Crippen molar-refractivity contribution in [1.29, 1.82) is 0 Å². The van der Waals surface area contributed by atoms with E-state index in [4.69, 9.17) is 4.74 Å². The lowest BCUT2D eigenvalue weighted by Gasteiger charge is -2.35. The number of aryl methyl sites for hydroxylation is 1. The van der Waals surface area contributed by atoms with Gasteiger partial charge in [-0.3, -0.25) is 9.59 Å². The number of nitrogens with one attached hydrogen (secondary N) is 2. The second kappa shape index (κ2) is 12.4. The quantitative estimate of drug-likeness (QED) is 0.389. The van der Waals surface area contributed by atoms with Crippen LogP contribution in [0, 0.1) is 24.2 Å². The number of carboxylic acid groups (broad SMARTS) is 1. The second-order valence-electron chi connectivity index (χ2n) is 9.80. The summed E-state index contributed by atoms with van der Waals surface area (Å²) in [6, 6.07) is 13.5. The van der Waals surface area contributed by atoms with Gasteiger partial charge in [-0.25, -0.2) is 8.42 Å². The first kappa shape index (κ1) is 28.3. The Morgan fingerprint density at radius 3 is 2.54 bits per heavy atom. The molecule has 0 aromatic heterocycles. The van der Waals surface area contributed by atoms with Crippen LogP contribution in [0.3, 0.4) is 0 Å². The van der Waals surface area contributed by atoms with Gasteiger partial charge in [0.1, 0.15) is 18.4 Å². The van der Waals surface area contributed by atoms with E-state index < -0.39 is 33.5 Å². The van der Waals surface area contributed by atoms with E-state index >= 15 is 0 Å². The highest BCUT2D eigenvalue weighted by atomic mass is 32.2. The maximum absolute atomic E-state index is 13.7. The van der Waals surface area contributed by atoms with Gasteiger partial charge in [-0.1, -0.05) is 59.9 Å². The molecule has 2 aliphatic rings. The van der Waals surface area contributed by atoms with Gasteiger partial charge in [-0.15, -0.1) is 0 Å². The fraction of sp³-hybridized carbons (Fsp3) is 0.333. The zero-order valence-corrected chi connectivity index (χ0v) is 22.5. The van der Waals surface area contributed by atoms with Gasteiger partial charge in [0.15, 0.2) is 5.78 Å². The van der Waals surface area contributed by atoms with Crippen LogP contribution in [0.5, 0.6) is 5.75 Å². The Bertz CT molecular complexity index is 1420. The van der Waals surface area contributed by atoms with Crippen LogP contribution < -0.4 is 14.8 Å². The molecule has 1 aliphatic heterocycles. The van der Waals surface area contributed by atoms with Gasteiger partial charge in [-0.2, -0.15) is 4.72 Å². The molecule has 3 atom stereocenters. The minimum atomic E-state index is -4.13. The summed E-state index contributed by atoms with van der Waals surface area (Å²) in [6.07, 6.45) is 6.67. The van der Waals surface area contributed by atoms with Crippen molar-refractivity contribution in [3.05, 3.63) is 84.0 Å². The van der Waals surface area contributed by atoms with Gasteiger partial charge < -0.3 is 15.2 Å². The number of ketones is 1. The third-order valence-electron chi connectivity index (χ3n) is 6.92. The number of hydrogen-bond acceptors (Lipinski definition) is 6. The van der Waals surface area contributed by atoms with Crippen molar-refractivity contribution in [3.8, 4) is 17.6 Å². The molecule has 0 amide bonds. The predicted molar refractivity (Wildman–Crippen MR) is 148 cm³/mol. The Morgan fingerprint density at radius 1 is 1.18 bits per heavy atom. The molecule has 204 valence electrons. The highest BCUT2D eigenvalue weighted by molar-refractivity contribution is 7.89. The molecule has 1 heterocycles. The smallest absolute Gasteiger partial charge is 0.321 e. The lowest BCUT2D eigenvalue weighted by molar-refractivity contribution is -0.140. The number of carbonyl (C=O) groups is 2. The molecule has 1 saturated heterocycles. The molecule has 2 aromatic rings. The molecule has 3 N–H and O–H groups in total. The van der Waals surface area contributed by atoms with Crippen LogP contribution in [0.2, 0.25) is 0 Å². The average molecular weight is 549 g/mol. The molecule has 2 unspecified atom stereocenters. The van der Waals surface area contributed by atoms with Crippen molar-refractivity contribution in [2.45, 2.75) is 49.6 Å². The maximum Gasteiger partial charge on any atom is 0.321 e. The average Bonchev–Trinajstić information content (AvgIpc) is 3.47. The van der Waals surface area contributed by atoms with Crippen molar-refractivity contribution in [3.63, 3.8) is 0 Å². The Kier molecular flexibility index (Phi) is 9.02. The van der Waals surface area contributed by atoms with Gasteiger partial charge in [-0.05, 0) is 69.5 Å². The summed E-state index contributed by atoms with van der Waals surface area (Å²) in [5, 5.41) is 13.2. The van der Waals surface area contributed by atoms with E-state index in [1.165, 1.54) is 12.1 Å². The number of Topliss-reactive ketones (excluding diaryl/α,β-unsaturated/α-hetero) is 1. The lowest BCUT2D eigenvalue weighted by Crippen LogP contribution is -2.49. The molecule has 8 nitrogen and oxygen atoms in total. The molecular weight excluding hydrogens is 516 g/mol. The van der Waals surface area contributed by atoms with Crippen LogP contribution in [0.4, 0.5) is 0 Å². The standard InChI is InChI=1S/C30H32N2O6S/c1-22-11-13-25(14-12-22)39(36,37)32-27(29(34)35)21-30(28(33)26-10-5-19-31-26)17-15-23(16-18-30)7-6-20-38-24-8-3-2-4-9-24/h2-4,8-9,11-17,26-27,31-32H,5,10,18-21H2,1H3,(H,34,35)/t26-,27?,30?/m0/s1. The summed E-state index contributed by atoms with van der Waals surface area (Å²) in [5.41, 5.74) is 0.357. The molecular formula is C30H32N2O6S. The van der Waals surface area contributed by atoms with Crippen molar-refractivity contribution in [1.82, 2.24) is 10.0 Å². The zero-order valence-electron chi connectivity index (χ0n) is 21.7. The molecule has 0 bridgehead atoms. The first-order valence-electron chi connectivity index (χ1n) is 12.8. The van der Waals surface area contributed by atoms with Crippen LogP contribution >= 0.6 is 0 Å². The molecule has 9 heteroatoms. The number of para-hydroxylation sites is 1. The summed E-state index contributed by atoms with van der Waals surface area (Å²) < 4.78 is 33.9. The number of carbonyl (C=O) groups excluding carboxylic acids is 1. The van der Waals surface area contributed by atoms with Gasteiger partial charge >= 0.3 is 5.97 Å². The molecule has 2 aromatic carbocycles. The van der Waals surface area contributed by atoms with Gasteiger partial charge in [0, 0.05) is 5.57 Å². The van der Waals surface area contributed by atoms with Crippen molar-refractivity contribution >= 4 is 21.8 Å². The first-order chi connectivity index (χ1) is 18.7. The normalized spacial score (nSPS) is 21.4. The molecule has 1 aliphatic carbocycles. The topological polar surface area (TPSA) is 122 Å². The third-order valence-corrected chi connectivity index (χ3v) is 8.41. The van der Waals surface area contributed by atoms with E-state index in [2.05, 4.69) is 21.9 Å². The second-order valence-corrected chi connectivity index (χ2v) is 11.5. The molecule has 39 heavy (non-hydrogen) atoms. The number of allylic oxidation sites excluding steroid dienone is 4. The number of sulfonamides is 1. The minimum absolute atomic E-state index is 0.0356. The summed E-state index contributed by atoms with van der Waals surface area (Å²) >= 11 is 0. The Balaban J connectivity index is 1.52. The predicted octanol–water partition coefficient (Wildman–Crippen LogP) is 3.39. The van der Waals surface area contributed by atoms with Crippen LogP contribution in [-0.4, -0.2) is 50.5 Å². The molecule has 1 fully saturated rings. The lowest BCUT2D eigenvalue weighted by atomic mass is 9.70. The number of hydrogen-bond donors (Lipinski definition) is 3. The van der Waals surface area contributed by atoms with E-state index in [-0.39, 0.29) is 30.1 Å². The molecule has 4 rings (SSSR count). The monoisotopic (exact) mass is 548 g/mol. The highest BCUT2D eigenvalue weighted by Gasteiger charge is 2.44. The molecule has 0 radical (unpaired) electrons. The van der Waals surface area contributed by atoms with E-state index in [1.54, 1.807) is 30.4 Å². The summed E-state index contributed by atoms with van der Waals surface area (Å²) in [4.78, 5) is 25.9. The van der Waals surface area contributed by atoms with Crippen LogP contribution in [0.1, 0.15) is 31.2 Å². The Morgan fingerprint density at radius 2 is 1.92 bits per heavy atom. The number of carboxylic acids is 1. The highest BCUT2D eigenvalue weighted by Crippen LogP contribution is 2.38. The van der Waals surface area contributed by atoms with Crippen molar-refractivity contribution in [2.24, 2.45) is 5.41 Å². The van der Waals surface area contributed by atoms with Crippen molar-refractivity contribution in [2.75, 3.05) is 13.2 Å². The summed E-state index contributed by atoms with van der Waals surface area (Å²) in [7, 11) is -4.13. The van der Waals surface area contributed by atoms with E-state index in [0.717, 1.165) is 12.0 Å². The zero-order chi connectivity index (χ0) is 27.9. The van der Waals surface area contributed by atoms with Crippen LogP contribution in [0.25, 0.3) is 0 Å². The summed E-state index contributed by atoms with van der Waals surface area (Å²) in [6.45, 7) is 2.72. The fourth-order valence-electron chi connectivity index (χ4n) is 4.75. The molecule has 0 spiro atoms. The molecule has 0 saturated carbocycles. The van der Waals surface area contributed by atoms with E-state index in [9.17, 15) is 23.1 Å². The van der Waals surface area contributed by atoms with E-state index in [0.29, 0.717) is 24.3 Å². The van der Waals surface area contributed by atoms with Gasteiger partial charge in [0.25, 0.3) is 0 Å². The largest absolute Gasteiger partial charge is 0.481 e. The summed E-state index contributed by atoms with van der Waals surface area (Å²) in [5.74, 6) is 5.19. The number of rotatable bonds is 10.